The maximum absolute atomic E-state index is 11.6. The Balaban J connectivity index is 1.86. The van der Waals surface area contributed by atoms with E-state index in [9.17, 15) is 13.2 Å². The van der Waals surface area contributed by atoms with Crippen molar-refractivity contribution in [1.82, 2.24) is 4.72 Å². The molecule has 0 atom stereocenters. The molecule has 0 unspecified atom stereocenters. The van der Waals surface area contributed by atoms with Gasteiger partial charge in [-0.1, -0.05) is 19.1 Å². The molecule has 1 aromatic carbocycles. The number of benzene rings is 1. The first-order valence-corrected chi connectivity index (χ1v) is 8.52. The standard InChI is InChI=1S/C14H20N2O3S/c1-2-9-20(18,19)15-10-11-3-7-13(8-4-11)16-14(17)12-5-6-12/h3-4,7-8,12,15H,2,5-6,9-10H2,1H3,(H,16,17). The molecule has 1 aliphatic carbocycles. The van der Waals surface area contributed by atoms with Crippen LogP contribution in [0.25, 0.3) is 0 Å². The van der Waals surface area contributed by atoms with E-state index < -0.39 is 10.0 Å². The predicted octanol–water partition coefficient (Wildman–Crippen LogP) is 1.86. The first-order valence-electron chi connectivity index (χ1n) is 6.87. The molecule has 0 bridgehead atoms. The van der Waals surface area contributed by atoms with Gasteiger partial charge in [0, 0.05) is 18.2 Å². The highest BCUT2D eigenvalue weighted by molar-refractivity contribution is 7.89. The third-order valence-corrected chi connectivity index (χ3v) is 4.67. The average Bonchev–Trinajstić information content (AvgIpc) is 3.22. The molecule has 2 N–H and O–H groups in total. The van der Waals surface area contributed by atoms with Gasteiger partial charge in [0.1, 0.15) is 0 Å². The quantitative estimate of drug-likeness (QED) is 0.806. The molecule has 1 saturated carbocycles. The minimum atomic E-state index is -3.18. The summed E-state index contributed by atoms with van der Waals surface area (Å²) in [6, 6.07) is 7.22. The van der Waals surface area contributed by atoms with Crippen molar-refractivity contribution >= 4 is 21.6 Å². The number of nitrogens with one attached hydrogen (secondary N) is 2. The number of hydrogen-bond donors (Lipinski definition) is 2. The van der Waals surface area contributed by atoms with Gasteiger partial charge in [0.05, 0.1) is 5.75 Å². The molecule has 0 saturated heterocycles. The van der Waals surface area contributed by atoms with E-state index in [1.54, 1.807) is 12.1 Å². The third kappa shape index (κ3) is 4.61. The van der Waals surface area contributed by atoms with Crippen LogP contribution in [0.2, 0.25) is 0 Å². The number of hydrogen-bond acceptors (Lipinski definition) is 3. The zero-order valence-corrected chi connectivity index (χ0v) is 12.4. The summed E-state index contributed by atoms with van der Waals surface area (Å²) in [5, 5.41) is 2.85. The average molecular weight is 296 g/mol. The number of carbonyl (C=O) groups excluding carboxylic acids is 1. The van der Waals surface area contributed by atoms with Crippen molar-refractivity contribution in [3.05, 3.63) is 29.8 Å². The third-order valence-electron chi connectivity index (χ3n) is 3.14. The van der Waals surface area contributed by atoms with Crippen LogP contribution in [0.3, 0.4) is 0 Å². The molecule has 1 amide bonds. The van der Waals surface area contributed by atoms with Gasteiger partial charge in [0.2, 0.25) is 15.9 Å². The van der Waals surface area contributed by atoms with E-state index >= 15 is 0 Å². The van der Waals surface area contributed by atoms with Crippen LogP contribution in [0.4, 0.5) is 5.69 Å². The van der Waals surface area contributed by atoms with Crippen molar-refractivity contribution in [2.75, 3.05) is 11.1 Å². The smallest absolute Gasteiger partial charge is 0.227 e. The Hall–Kier alpha value is -1.40. The molecule has 2 rings (SSSR count). The van der Waals surface area contributed by atoms with Crippen molar-refractivity contribution in [2.24, 2.45) is 5.92 Å². The topological polar surface area (TPSA) is 75.3 Å². The van der Waals surface area contributed by atoms with Crippen molar-refractivity contribution in [2.45, 2.75) is 32.7 Å². The Bertz CT molecular complexity index is 563. The Morgan fingerprint density at radius 3 is 2.45 bits per heavy atom. The van der Waals surface area contributed by atoms with Gasteiger partial charge >= 0.3 is 0 Å². The Morgan fingerprint density at radius 2 is 1.90 bits per heavy atom. The van der Waals surface area contributed by atoms with Crippen LogP contribution < -0.4 is 10.0 Å². The first kappa shape index (κ1) is 15.0. The summed E-state index contributed by atoms with van der Waals surface area (Å²) < 4.78 is 25.6. The lowest BCUT2D eigenvalue weighted by atomic mass is 10.2. The van der Waals surface area contributed by atoms with E-state index in [2.05, 4.69) is 10.0 Å². The fourth-order valence-electron chi connectivity index (χ4n) is 1.83. The summed E-state index contributed by atoms with van der Waals surface area (Å²) in [6.07, 6.45) is 2.55. The Kier molecular flexibility index (Phi) is 4.77. The number of amides is 1. The molecule has 6 heteroatoms. The first-order chi connectivity index (χ1) is 9.50. The second-order valence-corrected chi connectivity index (χ2v) is 7.03. The lowest BCUT2D eigenvalue weighted by Crippen LogP contribution is -2.25. The zero-order valence-electron chi connectivity index (χ0n) is 11.6. The minimum absolute atomic E-state index is 0.0707. The fraction of sp³-hybridized carbons (Fsp3) is 0.500. The van der Waals surface area contributed by atoms with Crippen molar-refractivity contribution in [1.29, 1.82) is 0 Å². The summed E-state index contributed by atoms with van der Waals surface area (Å²) in [7, 11) is -3.18. The molecular formula is C14H20N2O3S. The van der Waals surface area contributed by atoms with Gasteiger partial charge in [-0.2, -0.15) is 0 Å². The molecule has 0 spiro atoms. The molecular weight excluding hydrogens is 276 g/mol. The fourth-order valence-corrected chi connectivity index (χ4v) is 2.90. The van der Waals surface area contributed by atoms with E-state index in [1.807, 2.05) is 19.1 Å². The van der Waals surface area contributed by atoms with Crippen LogP contribution in [0.5, 0.6) is 0 Å². The maximum Gasteiger partial charge on any atom is 0.227 e. The highest BCUT2D eigenvalue weighted by Crippen LogP contribution is 2.30. The van der Waals surface area contributed by atoms with Crippen LogP contribution in [0.15, 0.2) is 24.3 Å². The van der Waals surface area contributed by atoms with Crippen LogP contribution >= 0.6 is 0 Å². The second kappa shape index (κ2) is 6.37. The SMILES string of the molecule is CCCS(=O)(=O)NCc1ccc(NC(=O)C2CC2)cc1. The summed E-state index contributed by atoms with van der Waals surface area (Å²) in [5.74, 6) is 0.389. The van der Waals surface area contributed by atoms with E-state index in [4.69, 9.17) is 0 Å². The van der Waals surface area contributed by atoms with Gasteiger partial charge in [-0.25, -0.2) is 13.1 Å². The summed E-state index contributed by atoms with van der Waals surface area (Å²) in [4.78, 5) is 11.6. The monoisotopic (exact) mass is 296 g/mol. The van der Waals surface area contributed by atoms with Gasteiger partial charge in [0.25, 0.3) is 0 Å². The molecule has 20 heavy (non-hydrogen) atoms. The van der Waals surface area contributed by atoms with Crippen molar-refractivity contribution < 1.29 is 13.2 Å². The van der Waals surface area contributed by atoms with E-state index in [0.29, 0.717) is 6.42 Å². The molecule has 0 radical (unpaired) electrons. The largest absolute Gasteiger partial charge is 0.326 e. The normalized spacial score (nSPS) is 15.1. The number of sulfonamides is 1. The highest BCUT2D eigenvalue weighted by Gasteiger charge is 2.29. The Labute approximate surface area is 119 Å². The van der Waals surface area contributed by atoms with Crippen LogP contribution in [-0.4, -0.2) is 20.1 Å². The summed E-state index contributed by atoms with van der Waals surface area (Å²) in [5.41, 5.74) is 1.62. The van der Waals surface area contributed by atoms with Crippen LogP contribution in [0, 0.1) is 5.92 Å². The van der Waals surface area contributed by atoms with E-state index in [0.717, 1.165) is 24.1 Å². The van der Waals surface area contributed by atoms with E-state index in [1.165, 1.54) is 0 Å². The van der Waals surface area contributed by atoms with Crippen molar-refractivity contribution in [3.8, 4) is 0 Å². The Morgan fingerprint density at radius 1 is 1.25 bits per heavy atom. The molecule has 0 heterocycles. The van der Waals surface area contributed by atoms with Crippen LogP contribution in [0.1, 0.15) is 31.7 Å². The lowest BCUT2D eigenvalue weighted by molar-refractivity contribution is -0.117. The predicted molar refractivity (Wildman–Crippen MR) is 78.7 cm³/mol. The van der Waals surface area contributed by atoms with Gasteiger partial charge in [-0.05, 0) is 37.0 Å². The molecule has 0 aliphatic heterocycles. The lowest BCUT2D eigenvalue weighted by Gasteiger charge is -2.07. The van der Waals surface area contributed by atoms with Crippen molar-refractivity contribution in [3.63, 3.8) is 0 Å². The van der Waals surface area contributed by atoms with Gasteiger partial charge in [-0.15, -0.1) is 0 Å². The second-order valence-electron chi connectivity index (χ2n) is 5.10. The number of rotatable bonds is 7. The molecule has 1 aliphatic rings. The molecule has 110 valence electrons. The molecule has 1 fully saturated rings. The number of anilines is 1. The molecule has 0 aromatic heterocycles. The van der Waals surface area contributed by atoms with Gasteiger partial charge < -0.3 is 5.32 Å². The van der Waals surface area contributed by atoms with Gasteiger partial charge in [-0.3, -0.25) is 4.79 Å². The minimum Gasteiger partial charge on any atom is -0.326 e. The van der Waals surface area contributed by atoms with Gasteiger partial charge in [0.15, 0.2) is 0 Å². The summed E-state index contributed by atoms with van der Waals surface area (Å²) >= 11 is 0. The zero-order chi connectivity index (χ0) is 14.6. The number of carbonyl (C=O) groups is 1. The molecule has 5 nitrogen and oxygen atoms in total. The van der Waals surface area contributed by atoms with Crippen LogP contribution in [-0.2, 0) is 21.4 Å². The molecule has 1 aromatic rings. The van der Waals surface area contributed by atoms with E-state index in [-0.39, 0.29) is 24.1 Å². The summed E-state index contributed by atoms with van der Waals surface area (Å²) in [6.45, 7) is 2.11. The maximum atomic E-state index is 11.6. The highest BCUT2D eigenvalue weighted by atomic mass is 32.2.